The molecule has 3 N–H and O–H groups in total. The van der Waals surface area contributed by atoms with Crippen LogP contribution in [0, 0.1) is 5.82 Å². The fourth-order valence-corrected chi connectivity index (χ4v) is 5.38. The van der Waals surface area contributed by atoms with Crippen LogP contribution in [0.4, 0.5) is 10.1 Å². The molecule has 0 aliphatic heterocycles. The van der Waals surface area contributed by atoms with E-state index < -0.39 is 18.6 Å². The van der Waals surface area contributed by atoms with Crippen molar-refractivity contribution >= 4 is 30.8 Å². The van der Waals surface area contributed by atoms with Crippen molar-refractivity contribution in [1.82, 2.24) is 5.16 Å². The van der Waals surface area contributed by atoms with Gasteiger partial charge in [-0.3, -0.25) is 9.36 Å². The maximum atomic E-state index is 13.4. The van der Waals surface area contributed by atoms with Crippen molar-refractivity contribution in [3.8, 4) is 11.3 Å². The molecule has 7 nitrogen and oxygen atoms in total. The number of nitrogens with zero attached hydrogens (tertiary/aromatic N) is 1. The van der Waals surface area contributed by atoms with Crippen molar-refractivity contribution in [1.29, 1.82) is 0 Å². The van der Waals surface area contributed by atoms with Crippen molar-refractivity contribution in [3.63, 3.8) is 0 Å². The van der Waals surface area contributed by atoms with Gasteiger partial charge in [0.1, 0.15) is 5.82 Å². The number of hydrogen-bond donors (Lipinski definition) is 3. The van der Waals surface area contributed by atoms with E-state index in [1.807, 2.05) is 0 Å². The van der Waals surface area contributed by atoms with Crippen molar-refractivity contribution in [3.05, 3.63) is 70.6 Å². The lowest BCUT2D eigenvalue weighted by Crippen LogP contribution is -2.24. The molecule has 1 heterocycles. The summed E-state index contributed by atoms with van der Waals surface area (Å²) in [5, 5.41) is 5.27. The quantitative estimate of drug-likeness (QED) is 0.319. The van der Waals surface area contributed by atoms with Gasteiger partial charge in [0.15, 0.2) is 5.76 Å². The molecule has 0 fully saturated rings. The van der Waals surface area contributed by atoms with E-state index in [0.29, 0.717) is 47.4 Å². The molecule has 0 bridgehead atoms. The summed E-state index contributed by atoms with van der Waals surface area (Å²) in [5.74, 6) is -0.371. The molecule has 176 valence electrons. The molecule has 0 aliphatic carbocycles. The van der Waals surface area contributed by atoms with Crippen LogP contribution in [0.25, 0.3) is 11.3 Å². The van der Waals surface area contributed by atoms with Gasteiger partial charge in [0, 0.05) is 23.2 Å². The van der Waals surface area contributed by atoms with E-state index in [2.05, 4.69) is 10.5 Å². The second kappa shape index (κ2) is 10.2. The largest absolute Gasteiger partial charge is 0.356 e. The zero-order valence-electron chi connectivity index (χ0n) is 18.2. The number of carbonyl (C=O) groups is 1. The zero-order valence-corrected chi connectivity index (χ0v) is 19.9. The highest BCUT2D eigenvalue weighted by atomic mass is 35.5. The molecule has 3 rings (SSSR count). The Morgan fingerprint density at radius 1 is 1.18 bits per heavy atom. The van der Waals surface area contributed by atoms with Gasteiger partial charge in [-0.15, -0.1) is 0 Å². The number of amides is 1. The molecule has 0 unspecified atom stereocenters. The molecular weight excluding hydrogens is 470 g/mol. The van der Waals surface area contributed by atoms with Crippen molar-refractivity contribution in [2.75, 3.05) is 5.32 Å². The van der Waals surface area contributed by atoms with Gasteiger partial charge in [-0.05, 0) is 55.2 Å². The lowest BCUT2D eigenvalue weighted by atomic mass is 9.92. The van der Waals surface area contributed by atoms with Crippen LogP contribution in [0.5, 0.6) is 0 Å². The topological polar surface area (TPSA) is 113 Å². The molecule has 1 amide bonds. The van der Waals surface area contributed by atoms with Crippen LogP contribution in [0.15, 0.2) is 53.2 Å². The van der Waals surface area contributed by atoms with Crippen molar-refractivity contribution in [2.24, 2.45) is 0 Å². The molecule has 33 heavy (non-hydrogen) atoms. The minimum atomic E-state index is -4.38. The summed E-state index contributed by atoms with van der Waals surface area (Å²) in [6, 6.07) is 10.7. The first kappa shape index (κ1) is 25.1. The maximum absolute atomic E-state index is 13.4. The average Bonchev–Trinajstić information content (AvgIpc) is 3.24. The van der Waals surface area contributed by atoms with Gasteiger partial charge in [0.25, 0.3) is 0 Å². The zero-order chi connectivity index (χ0) is 24.2. The Morgan fingerprint density at radius 2 is 1.85 bits per heavy atom. The first-order chi connectivity index (χ1) is 15.6. The lowest BCUT2D eigenvalue weighted by molar-refractivity contribution is -0.116. The lowest BCUT2D eigenvalue weighted by Gasteiger charge is -2.33. The Balaban J connectivity index is 1.66. The Morgan fingerprint density at radius 3 is 2.42 bits per heavy atom. The second-order valence-electron chi connectivity index (χ2n) is 7.72. The van der Waals surface area contributed by atoms with Crippen LogP contribution in [-0.2, 0) is 20.9 Å². The highest BCUT2D eigenvalue weighted by molar-refractivity contribution is 7.53. The first-order valence-corrected chi connectivity index (χ1v) is 12.4. The van der Waals surface area contributed by atoms with Gasteiger partial charge >= 0.3 is 7.60 Å². The number of anilines is 1. The van der Waals surface area contributed by atoms with Crippen LogP contribution >= 0.6 is 19.2 Å². The molecular formula is C23H25ClFN2O5P. The van der Waals surface area contributed by atoms with E-state index in [-0.39, 0.29) is 17.4 Å². The molecule has 2 aromatic carbocycles. The number of nitrogens with one attached hydrogen (secondary N) is 1. The third-order valence-corrected chi connectivity index (χ3v) is 8.18. The van der Waals surface area contributed by atoms with Gasteiger partial charge in [-0.1, -0.05) is 42.7 Å². The predicted molar refractivity (Wildman–Crippen MR) is 125 cm³/mol. The molecule has 1 aromatic heterocycles. The molecule has 0 radical (unpaired) electrons. The molecule has 0 saturated carbocycles. The monoisotopic (exact) mass is 494 g/mol. The third-order valence-electron chi connectivity index (χ3n) is 5.88. The van der Waals surface area contributed by atoms with Crippen molar-refractivity contribution < 1.29 is 28.1 Å². The van der Waals surface area contributed by atoms with Gasteiger partial charge in [-0.2, -0.15) is 0 Å². The molecule has 3 aromatic rings. The molecule has 0 spiro atoms. The van der Waals surface area contributed by atoms with Gasteiger partial charge < -0.3 is 19.6 Å². The maximum Gasteiger partial charge on any atom is 0.335 e. The van der Waals surface area contributed by atoms with Crippen LogP contribution in [0.1, 0.15) is 44.2 Å². The predicted octanol–water partition coefficient (Wildman–Crippen LogP) is 5.90. The summed E-state index contributed by atoms with van der Waals surface area (Å²) in [7, 11) is -4.38. The smallest absolute Gasteiger partial charge is 0.335 e. The third kappa shape index (κ3) is 5.36. The number of benzene rings is 2. The van der Waals surface area contributed by atoms with E-state index >= 15 is 0 Å². The summed E-state index contributed by atoms with van der Waals surface area (Å²) < 4.78 is 30.8. The number of halogens is 2. The first-order valence-electron chi connectivity index (χ1n) is 10.5. The summed E-state index contributed by atoms with van der Waals surface area (Å²) in [5.41, 5.74) is 2.29. The molecule has 0 aliphatic rings. The number of hydrogen-bond acceptors (Lipinski definition) is 4. The number of aromatic nitrogens is 1. The highest BCUT2D eigenvalue weighted by Gasteiger charge is 2.45. The average molecular weight is 495 g/mol. The Hall–Kier alpha value is -2.51. The molecule has 0 atom stereocenters. The minimum Gasteiger partial charge on any atom is -0.356 e. The van der Waals surface area contributed by atoms with Gasteiger partial charge in [0.2, 0.25) is 5.91 Å². The fraction of sp³-hybridized carbons (Fsp3) is 0.304. The van der Waals surface area contributed by atoms with Crippen LogP contribution in [0.2, 0.25) is 5.02 Å². The summed E-state index contributed by atoms with van der Waals surface area (Å²) in [4.78, 5) is 32.2. The van der Waals surface area contributed by atoms with Crippen LogP contribution in [0.3, 0.4) is 0 Å². The minimum absolute atomic E-state index is 0.0371. The van der Waals surface area contributed by atoms with Gasteiger partial charge in [-0.25, -0.2) is 4.39 Å². The Kier molecular flexibility index (Phi) is 7.75. The normalized spacial score (nSPS) is 12.1. The molecule has 0 saturated heterocycles. The van der Waals surface area contributed by atoms with E-state index in [1.54, 1.807) is 38.1 Å². The number of aryl methyl sites for hydroxylation is 1. The summed E-state index contributed by atoms with van der Waals surface area (Å²) in [6.07, 6.45) is 2.57. The Bertz CT molecular complexity index is 1170. The summed E-state index contributed by atoms with van der Waals surface area (Å²) in [6.45, 7) is 3.49. The van der Waals surface area contributed by atoms with E-state index in [1.165, 1.54) is 24.4 Å². The van der Waals surface area contributed by atoms with Crippen LogP contribution in [-0.4, -0.2) is 20.9 Å². The number of rotatable bonds is 9. The van der Waals surface area contributed by atoms with E-state index in [9.17, 15) is 23.5 Å². The van der Waals surface area contributed by atoms with E-state index in [4.69, 9.17) is 16.1 Å². The highest BCUT2D eigenvalue weighted by Crippen LogP contribution is 2.60. The standard InChI is InChI=1S/C23H25ClFN2O5P/c1-3-23(4-2,33(29,30)31)17-7-9-18(10-8-17)27-21(28)12-6-16-14-26-32-22(16)15-5-11-20(25)19(24)13-15/h5,7-11,13-14H,3-4,6,12H2,1-2H3,(H,27,28)(H2,29,30,31). The van der Waals surface area contributed by atoms with Crippen LogP contribution < -0.4 is 5.32 Å². The molecule has 10 heteroatoms. The Labute approximate surface area is 196 Å². The SMILES string of the molecule is CCC(CC)(c1ccc(NC(=O)CCc2cnoc2-c2ccc(F)c(Cl)c2)cc1)P(=O)(O)O. The fourth-order valence-electron chi connectivity index (χ4n) is 3.89. The second-order valence-corrected chi connectivity index (χ2v) is 10.1. The van der Waals surface area contributed by atoms with E-state index in [0.717, 1.165) is 0 Å². The summed E-state index contributed by atoms with van der Waals surface area (Å²) >= 11 is 5.84. The van der Waals surface area contributed by atoms with Crippen molar-refractivity contribution in [2.45, 2.75) is 44.7 Å². The number of carbonyl (C=O) groups excluding carboxylic acids is 1. The van der Waals surface area contributed by atoms with Gasteiger partial charge in [0.05, 0.1) is 16.4 Å².